The lowest BCUT2D eigenvalue weighted by Gasteiger charge is -2.32. The van der Waals surface area contributed by atoms with Crippen LogP contribution in [-0.4, -0.2) is 54.0 Å². The molecule has 29 heavy (non-hydrogen) atoms. The molecule has 8 heteroatoms. The number of hydrogen-bond donors (Lipinski definition) is 1. The van der Waals surface area contributed by atoms with Gasteiger partial charge in [-0.2, -0.15) is 0 Å². The monoisotopic (exact) mass is 404 g/mol. The third-order valence-electron chi connectivity index (χ3n) is 4.41. The topological polar surface area (TPSA) is 102 Å². The van der Waals surface area contributed by atoms with Gasteiger partial charge in [0.25, 0.3) is 5.91 Å². The van der Waals surface area contributed by atoms with E-state index in [0.29, 0.717) is 37.2 Å². The van der Waals surface area contributed by atoms with Gasteiger partial charge in [0.15, 0.2) is 12.4 Å². The summed E-state index contributed by atoms with van der Waals surface area (Å²) in [6, 6.07) is 6.63. The van der Waals surface area contributed by atoms with Crippen molar-refractivity contribution in [3.05, 3.63) is 29.8 Å². The van der Waals surface area contributed by atoms with Crippen LogP contribution in [0.25, 0.3) is 0 Å². The number of nitrogens with one attached hydrogen (secondary N) is 1. The maximum Gasteiger partial charge on any atom is 0.410 e. The summed E-state index contributed by atoms with van der Waals surface area (Å²) < 4.78 is 10.5. The average Bonchev–Trinajstić information content (AvgIpc) is 2.65. The molecular formula is C21H28N2O6. The van der Waals surface area contributed by atoms with Crippen LogP contribution in [0, 0.1) is 5.92 Å². The number of carbonyl (C=O) groups excluding carboxylic acids is 4. The number of Topliss-reactive ketones (excluding diaryl/α,β-unsaturated/α-hetero) is 1. The van der Waals surface area contributed by atoms with Gasteiger partial charge in [-0.3, -0.25) is 14.4 Å². The van der Waals surface area contributed by atoms with Crippen LogP contribution in [0.5, 0.6) is 0 Å². The Bertz CT molecular complexity index is 776. The van der Waals surface area contributed by atoms with Crippen LogP contribution < -0.4 is 5.32 Å². The summed E-state index contributed by atoms with van der Waals surface area (Å²) in [5.41, 5.74) is 0.203. The highest BCUT2D eigenvalue weighted by Crippen LogP contribution is 2.21. The summed E-state index contributed by atoms with van der Waals surface area (Å²) in [6.07, 6.45) is 0.507. The van der Waals surface area contributed by atoms with E-state index in [4.69, 9.17) is 9.47 Å². The Balaban J connectivity index is 1.78. The van der Waals surface area contributed by atoms with Crippen molar-refractivity contribution >= 4 is 29.4 Å². The predicted octanol–water partition coefficient (Wildman–Crippen LogP) is 3.02. The summed E-state index contributed by atoms with van der Waals surface area (Å²) in [6.45, 7) is 7.17. The van der Waals surface area contributed by atoms with Gasteiger partial charge in [0.2, 0.25) is 0 Å². The van der Waals surface area contributed by atoms with Gasteiger partial charge in [0.05, 0.1) is 11.6 Å². The second-order valence-corrected chi connectivity index (χ2v) is 8.00. The van der Waals surface area contributed by atoms with Crippen LogP contribution in [0.4, 0.5) is 10.5 Å². The van der Waals surface area contributed by atoms with Gasteiger partial charge < -0.3 is 19.7 Å². The molecule has 1 fully saturated rings. The Hall–Kier alpha value is -2.90. The van der Waals surface area contributed by atoms with Crippen LogP contribution >= 0.6 is 0 Å². The molecule has 0 unspecified atom stereocenters. The van der Waals surface area contributed by atoms with Crippen molar-refractivity contribution in [3.63, 3.8) is 0 Å². The van der Waals surface area contributed by atoms with E-state index in [9.17, 15) is 19.2 Å². The number of hydrogen-bond acceptors (Lipinski definition) is 6. The van der Waals surface area contributed by atoms with Crippen molar-refractivity contribution in [2.24, 2.45) is 5.92 Å². The van der Waals surface area contributed by atoms with Gasteiger partial charge >= 0.3 is 12.1 Å². The van der Waals surface area contributed by atoms with Gasteiger partial charge in [0, 0.05) is 18.7 Å². The second-order valence-electron chi connectivity index (χ2n) is 8.00. The van der Waals surface area contributed by atoms with E-state index in [1.165, 1.54) is 6.92 Å². The fourth-order valence-electron chi connectivity index (χ4n) is 2.96. The van der Waals surface area contributed by atoms with E-state index in [1.54, 1.807) is 49.9 Å². The largest absolute Gasteiger partial charge is 0.455 e. The first-order valence-electron chi connectivity index (χ1n) is 9.61. The normalized spacial score (nSPS) is 14.8. The number of likely N-dealkylation sites (tertiary alicyclic amines) is 1. The molecular weight excluding hydrogens is 376 g/mol. The van der Waals surface area contributed by atoms with Gasteiger partial charge in [-0.25, -0.2) is 4.79 Å². The summed E-state index contributed by atoms with van der Waals surface area (Å²) >= 11 is 0. The Labute approximate surface area is 170 Å². The van der Waals surface area contributed by atoms with E-state index in [-0.39, 0.29) is 11.7 Å². The molecule has 1 N–H and O–H groups in total. The number of para-hydroxylation sites is 1. The molecule has 0 saturated carbocycles. The summed E-state index contributed by atoms with van der Waals surface area (Å²) in [5.74, 6) is -1.53. The fourth-order valence-corrected chi connectivity index (χ4v) is 2.96. The van der Waals surface area contributed by atoms with E-state index < -0.39 is 30.2 Å². The molecule has 1 aromatic carbocycles. The maximum absolute atomic E-state index is 12.2. The number of amides is 2. The first-order chi connectivity index (χ1) is 13.6. The van der Waals surface area contributed by atoms with Gasteiger partial charge in [0.1, 0.15) is 5.60 Å². The molecule has 1 aliphatic heterocycles. The molecule has 2 rings (SSSR count). The number of carbonyl (C=O) groups is 4. The molecule has 0 aliphatic carbocycles. The van der Waals surface area contributed by atoms with Crippen LogP contribution in [0.1, 0.15) is 50.9 Å². The first kappa shape index (κ1) is 22.4. The van der Waals surface area contributed by atoms with Crippen molar-refractivity contribution < 1.29 is 28.7 Å². The zero-order valence-corrected chi connectivity index (χ0v) is 17.3. The van der Waals surface area contributed by atoms with E-state index in [1.807, 2.05) is 0 Å². The number of esters is 1. The number of nitrogens with zero attached hydrogens (tertiary/aromatic N) is 1. The fraction of sp³-hybridized carbons (Fsp3) is 0.524. The van der Waals surface area contributed by atoms with Crippen molar-refractivity contribution in [2.45, 2.75) is 46.1 Å². The van der Waals surface area contributed by atoms with Gasteiger partial charge in [-0.1, -0.05) is 12.1 Å². The minimum absolute atomic E-state index is 0.172. The minimum Gasteiger partial charge on any atom is -0.455 e. The third kappa shape index (κ3) is 6.89. The molecule has 0 aromatic heterocycles. The molecule has 1 heterocycles. The lowest BCUT2D eigenvalue weighted by molar-refractivity contribution is -0.153. The van der Waals surface area contributed by atoms with E-state index in [2.05, 4.69) is 5.32 Å². The zero-order chi connectivity index (χ0) is 21.6. The molecule has 1 aromatic rings. The van der Waals surface area contributed by atoms with E-state index >= 15 is 0 Å². The number of benzene rings is 1. The Morgan fingerprint density at radius 3 is 2.31 bits per heavy atom. The van der Waals surface area contributed by atoms with Crippen molar-refractivity contribution in [2.75, 3.05) is 25.0 Å². The van der Waals surface area contributed by atoms with Crippen LogP contribution in [-0.2, 0) is 19.1 Å². The number of piperidine rings is 1. The quantitative estimate of drug-likeness (QED) is 0.598. The number of ketones is 1. The Morgan fingerprint density at radius 2 is 1.72 bits per heavy atom. The number of ether oxygens (including phenoxy) is 2. The number of anilines is 1. The smallest absolute Gasteiger partial charge is 0.410 e. The molecule has 1 saturated heterocycles. The van der Waals surface area contributed by atoms with Gasteiger partial charge in [-0.05, 0) is 52.7 Å². The highest BCUT2D eigenvalue weighted by atomic mass is 16.6. The van der Waals surface area contributed by atoms with Crippen LogP contribution in [0.2, 0.25) is 0 Å². The molecule has 158 valence electrons. The average molecular weight is 404 g/mol. The molecule has 2 amide bonds. The molecule has 0 spiro atoms. The number of rotatable bonds is 5. The molecule has 8 nitrogen and oxygen atoms in total. The van der Waals surface area contributed by atoms with Crippen molar-refractivity contribution in [1.29, 1.82) is 0 Å². The molecule has 0 radical (unpaired) electrons. The zero-order valence-electron chi connectivity index (χ0n) is 17.3. The highest BCUT2D eigenvalue weighted by Gasteiger charge is 2.31. The third-order valence-corrected chi connectivity index (χ3v) is 4.41. The minimum atomic E-state index is -0.568. The van der Waals surface area contributed by atoms with E-state index in [0.717, 1.165) is 0 Å². The standard InChI is InChI=1S/C21H28N2O6/c1-14(24)16-7-5-6-8-17(16)22-18(25)13-28-19(26)15-9-11-23(12-10-15)20(27)29-21(2,3)4/h5-8,15H,9-13H2,1-4H3,(H,22,25). The summed E-state index contributed by atoms with van der Waals surface area (Å²) in [4.78, 5) is 49.6. The van der Waals surface area contributed by atoms with Crippen molar-refractivity contribution in [3.8, 4) is 0 Å². The van der Waals surface area contributed by atoms with Crippen LogP contribution in [0.3, 0.4) is 0 Å². The molecule has 0 bridgehead atoms. The Kier molecular flexibility index (Phi) is 7.36. The Morgan fingerprint density at radius 1 is 1.10 bits per heavy atom. The van der Waals surface area contributed by atoms with Gasteiger partial charge in [-0.15, -0.1) is 0 Å². The summed E-state index contributed by atoms with van der Waals surface area (Å²) in [7, 11) is 0. The molecule has 1 aliphatic rings. The predicted molar refractivity (Wildman–Crippen MR) is 107 cm³/mol. The van der Waals surface area contributed by atoms with Crippen LogP contribution in [0.15, 0.2) is 24.3 Å². The SMILES string of the molecule is CC(=O)c1ccccc1NC(=O)COC(=O)C1CCN(C(=O)OC(C)(C)C)CC1. The lowest BCUT2D eigenvalue weighted by Crippen LogP contribution is -2.43. The first-order valence-corrected chi connectivity index (χ1v) is 9.61. The maximum atomic E-state index is 12.2. The highest BCUT2D eigenvalue weighted by molar-refractivity contribution is 6.04. The molecule has 0 atom stereocenters. The lowest BCUT2D eigenvalue weighted by atomic mass is 9.97. The summed E-state index contributed by atoms with van der Waals surface area (Å²) in [5, 5.41) is 2.59. The second kappa shape index (κ2) is 9.54. The van der Waals surface area contributed by atoms with Crippen molar-refractivity contribution in [1.82, 2.24) is 4.90 Å².